The molecule has 0 aliphatic heterocycles. The molecule has 0 radical (unpaired) electrons. The summed E-state index contributed by atoms with van der Waals surface area (Å²) in [4.78, 5) is 11.9. The van der Waals surface area contributed by atoms with Gasteiger partial charge in [-0.15, -0.1) is 0 Å². The average Bonchev–Trinajstić information content (AvgIpc) is 3.06. The number of carbonyl (C=O) groups excluding carboxylic acids is 1. The lowest BCUT2D eigenvalue weighted by Gasteiger charge is -2.56. The zero-order chi connectivity index (χ0) is 15.4. The summed E-state index contributed by atoms with van der Waals surface area (Å²) in [5.74, 6) is 5.89. The van der Waals surface area contributed by atoms with Crippen molar-refractivity contribution in [3.63, 3.8) is 0 Å². The van der Waals surface area contributed by atoms with Crippen molar-refractivity contribution in [2.75, 3.05) is 0 Å². The molecule has 23 heavy (non-hydrogen) atoms. The first-order valence-electron chi connectivity index (χ1n) is 10.5. The second-order valence-corrected chi connectivity index (χ2v) is 9.47. The molecular weight excluding hydrogens is 280 g/mol. The lowest BCUT2D eigenvalue weighted by Crippen LogP contribution is -2.48. The first kappa shape index (κ1) is 14.7. The molecule has 126 valence electrons. The molecule has 1 nitrogen and oxygen atoms in total. The minimum atomic E-state index is -0.0178. The van der Waals surface area contributed by atoms with Gasteiger partial charge in [-0.3, -0.25) is 0 Å². The zero-order valence-corrected chi connectivity index (χ0v) is 14.5. The molecule has 4 fully saturated rings. The number of carbonyl (C=O) groups is 1. The van der Waals surface area contributed by atoms with Crippen molar-refractivity contribution < 1.29 is 4.79 Å². The summed E-state index contributed by atoms with van der Waals surface area (Å²) in [6, 6.07) is 0. The van der Waals surface area contributed by atoms with E-state index in [0.29, 0.717) is 0 Å². The Kier molecular flexibility index (Phi) is 3.50. The third kappa shape index (κ3) is 2.07. The van der Waals surface area contributed by atoms with Crippen LogP contribution in [0.1, 0.15) is 77.0 Å². The van der Waals surface area contributed by atoms with Crippen LogP contribution in [0.4, 0.5) is 0 Å². The SMILES string of the molecule is O=CC12CCC=C1C1CCC3C4CCCCC4CCC3C1CC2. The fraction of sp³-hybridized carbons (Fsp3) is 0.864. The van der Waals surface area contributed by atoms with Gasteiger partial charge in [0, 0.05) is 5.41 Å². The van der Waals surface area contributed by atoms with Crippen LogP contribution in [-0.2, 0) is 4.79 Å². The Balaban J connectivity index is 1.42. The third-order valence-electron chi connectivity index (χ3n) is 8.89. The van der Waals surface area contributed by atoms with Crippen molar-refractivity contribution in [2.45, 2.75) is 77.0 Å². The third-order valence-corrected chi connectivity index (χ3v) is 8.89. The van der Waals surface area contributed by atoms with Gasteiger partial charge in [0.25, 0.3) is 0 Å². The summed E-state index contributed by atoms with van der Waals surface area (Å²) >= 11 is 0. The maximum atomic E-state index is 11.9. The van der Waals surface area contributed by atoms with Crippen molar-refractivity contribution in [1.29, 1.82) is 0 Å². The Bertz CT molecular complexity index is 520. The van der Waals surface area contributed by atoms with Crippen molar-refractivity contribution in [3.05, 3.63) is 11.6 Å². The van der Waals surface area contributed by atoms with Crippen LogP contribution in [0.5, 0.6) is 0 Å². The van der Waals surface area contributed by atoms with Gasteiger partial charge in [-0.25, -0.2) is 0 Å². The number of aldehydes is 1. The van der Waals surface area contributed by atoms with Crippen LogP contribution < -0.4 is 0 Å². The van der Waals surface area contributed by atoms with Gasteiger partial charge >= 0.3 is 0 Å². The molecule has 7 unspecified atom stereocenters. The van der Waals surface area contributed by atoms with Gasteiger partial charge in [-0.05, 0) is 93.3 Å². The summed E-state index contributed by atoms with van der Waals surface area (Å²) in [5, 5.41) is 0. The predicted molar refractivity (Wildman–Crippen MR) is 92.9 cm³/mol. The van der Waals surface area contributed by atoms with E-state index < -0.39 is 0 Å². The normalized spacial score (nSPS) is 51.7. The number of hydrogen-bond donors (Lipinski definition) is 0. The fourth-order valence-electron chi connectivity index (χ4n) is 7.98. The largest absolute Gasteiger partial charge is 0.302 e. The van der Waals surface area contributed by atoms with E-state index in [1.807, 2.05) is 0 Å². The van der Waals surface area contributed by atoms with Crippen LogP contribution in [0.25, 0.3) is 0 Å². The lowest BCUT2D eigenvalue weighted by atomic mass is 9.48. The second kappa shape index (κ2) is 5.46. The summed E-state index contributed by atoms with van der Waals surface area (Å²) in [6.45, 7) is 0. The Labute approximate surface area is 141 Å². The molecule has 0 aromatic heterocycles. The van der Waals surface area contributed by atoms with Crippen LogP contribution in [0.15, 0.2) is 11.6 Å². The summed E-state index contributed by atoms with van der Waals surface area (Å²) < 4.78 is 0. The average molecular weight is 312 g/mol. The maximum Gasteiger partial charge on any atom is 0.130 e. The Morgan fingerprint density at radius 2 is 1.65 bits per heavy atom. The molecular formula is C22H32O. The number of allylic oxidation sites excluding steroid dienone is 2. The highest BCUT2D eigenvalue weighted by molar-refractivity contribution is 5.67. The first-order chi connectivity index (χ1) is 11.3. The Morgan fingerprint density at radius 1 is 0.826 bits per heavy atom. The van der Waals surface area contributed by atoms with Crippen molar-refractivity contribution in [1.82, 2.24) is 0 Å². The quantitative estimate of drug-likeness (QED) is 0.458. The maximum absolute atomic E-state index is 11.9. The number of rotatable bonds is 1. The molecule has 5 rings (SSSR count). The van der Waals surface area contributed by atoms with E-state index in [1.54, 1.807) is 5.57 Å². The van der Waals surface area contributed by atoms with E-state index in [9.17, 15) is 4.79 Å². The smallest absolute Gasteiger partial charge is 0.130 e. The minimum Gasteiger partial charge on any atom is -0.302 e. The van der Waals surface area contributed by atoms with Crippen molar-refractivity contribution in [3.8, 4) is 0 Å². The summed E-state index contributed by atoms with van der Waals surface area (Å²) in [6.07, 6.45) is 20.6. The molecule has 4 saturated carbocycles. The first-order valence-corrected chi connectivity index (χ1v) is 10.5. The van der Waals surface area contributed by atoms with Gasteiger partial charge in [0.05, 0.1) is 0 Å². The highest BCUT2D eigenvalue weighted by atomic mass is 16.1. The van der Waals surface area contributed by atoms with E-state index in [2.05, 4.69) is 6.08 Å². The van der Waals surface area contributed by atoms with E-state index in [0.717, 1.165) is 48.3 Å². The molecule has 0 aromatic rings. The minimum absolute atomic E-state index is 0.0178. The van der Waals surface area contributed by atoms with Gasteiger partial charge in [0.1, 0.15) is 6.29 Å². The molecule has 0 amide bonds. The number of hydrogen-bond acceptors (Lipinski definition) is 1. The Morgan fingerprint density at radius 3 is 2.57 bits per heavy atom. The number of fused-ring (bicyclic) bond motifs is 7. The molecule has 0 saturated heterocycles. The lowest BCUT2D eigenvalue weighted by molar-refractivity contribution is -0.117. The van der Waals surface area contributed by atoms with E-state index >= 15 is 0 Å². The molecule has 5 aliphatic carbocycles. The van der Waals surface area contributed by atoms with Crippen molar-refractivity contribution in [2.24, 2.45) is 40.9 Å². The summed E-state index contributed by atoms with van der Waals surface area (Å²) in [7, 11) is 0. The van der Waals surface area contributed by atoms with Gasteiger partial charge in [-0.1, -0.05) is 30.9 Å². The van der Waals surface area contributed by atoms with Crippen molar-refractivity contribution >= 4 is 6.29 Å². The molecule has 0 aromatic carbocycles. The molecule has 1 heteroatoms. The molecule has 0 bridgehead atoms. The van der Waals surface area contributed by atoms with Crippen LogP contribution in [0, 0.1) is 40.9 Å². The van der Waals surface area contributed by atoms with E-state index in [1.165, 1.54) is 70.5 Å². The molecule has 5 aliphatic rings. The predicted octanol–water partition coefficient (Wildman–Crippen LogP) is 5.54. The van der Waals surface area contributed by atoms with E-state index in [4.69, 9.17) is 0 Å². The zero-order valence-electron chi connectivity index (χ0n) is 14.5. The van der Waals surface area contributed by atoms with Crippen LogP contribution in [-0.4, -0.2) is 6.29 Å². The van der Waals surface area contributed by atoms with Crippen LogP contribution in [0.3, 0.4) is 0 Å². The summed E-state index contributed by atoms with van der Waals surface area (Å²) in [5.41, 5.74) is 1.59. The Hall–Kier alpha value is -0.590. The molecule has 0 spiro atoms. The topological polar surface area (TPSA) is 17.1 Å². The van der Waals surface area contributed by atoms with Gasteiger partial charge in [0.2, 0.25) is 0 Å². The monoisotopic (exact) mass is 312 g/mol. The molecule has 7 atom stereocenters. The van der Waals surface area contributed by atoms with Gasteiger partial charge in [-0.2, -0.15) is 0 Å². The van der Waals surface area contributed by atoms with Gasteiger partial charge < -0.3 is 4.79 Å². The van der Waals surface area contributed by atoms with Crippen LogP contribution in [0.2, 0.25) is 0 Å². The van der Waals surface area contributed by atoms with E-state index in [-0.39, 0.29) is 5.41 Å². The highest BCUT2D eigenvalue weighted by Crippen LogP contribution is 2.62. The second-order valence-electron chi connectivity index (χ2n) is 9.47. The standard InChI is InChI=1S/C22H32O/c23-14-22-12-3-6-21(22)20-10-9-17-16-5-2-1-4-15(16)7-8-18(17)19(20)11-13-22/h6,14-20H,1-5,7-13H2. The van der Waals surface area contributed by atoms with Crippen LogP contribution >= 0.6 is 0 Å². The highest BCUT2D eigenvalue weighted by Gasteiger charge is 2.54. The molecule has 0 N–H and O–H groups in total. The van der Waals surface area contributed by atoms with Gasteiger partial charge in [0.15, 0.2) is 0 Å². The fourth-order valence-corrected chi connectivity index (χ4v) is 7.98. The molecule has 0 heterocycles.